The van der Waals surface area contributed by atoms with Gasteiger partial charge in [0.05, 0.1) is 12.2 Å². The summed E-state index contributed by atoms with van der Waals surface area (Å²) in [7, 11) is 2.11. The predicted octanol–water partition coefficient (Wildman–Crippen LogP) is 1.97. The third-order valence-corrected chi connectivity index (χ3v) is 4.35. The summed E-state index contributed by atoms with van der Waals surface area (Å²) in [6, 6.07) is 5.85. The number of furan rings is 1. The molecule has 0 spiro atoms. The topological polar surface area (TPSA) is 63.3 Å². The molecule has 0 aliphatic carbocycles. The summed E-state index contributed by atoms with van der Waals surface area (Å²) in [5.74, 6) is 0.990. The van der Waals surface area contributed by atoms with Crippen LogP contribution in [0.1, 0.15) is 40.5 Å². The van der Waals surface area contributed by atoms with E-state index in [1.807, 2.05) is 30.7 Å². The van der Waals surface area contributed by atoms with Gasteiger partial charge in [0, 0.05) is 11.7 Å². The molecule has 2 aromatic rings. The number of aromatic nitrogens is 2. The Kier molecular flexibility index (Phi) is 4.52. The lowest BCUT2D eigenvalue weighted by Gasteiger charge is -2.29. The molecule has 0 radical (unpaired) electrons. The van der Waals surface area contributed by atoms with E-state index in [0.29, 0.717) is 12.3 Å². The van der Waals surface area contributed by atoms with Gasteiger partial charge in [-0.2, -0.15) is 5.10 Å². The Hall–Kier alpha value is -2.08. The molecule has 0 aromatic carbocycles. The zero-order chi connectivity index (χ0) is 16.4. The van der Waals surface area contributed by atoms with Crippen LogP contribution in [0.5, 0.6) is 0 Å². The van der Waals surface area contributed by atoms with Crippen molar-refractivity contribution in [2.24, 2.45) is 0 Å². The van der Waals surface area contributed by atoms with Crippen molar-refractivity contribution in [1.82, 2.24) is 20.0 Å². The lowest BCUT2D eigenvalue weighted by atomic mass is 10.1. The van der Waals surface area contributed by atoms with Gasteiger partial charge in [-0.15, -0.1) is 0 Å². The molecule has 0 atom stereocenters. The molecule has 1 N–H and O–H groups in total. The molecule has 6 nitrogen and oxygen atoms in total. The van der Waals surface area contributed by atoms with E-state index in [1.165, 1.54) is 0 Å². The Morgan fingerprint density at radius 1 is 1.35 bits per heavy atom. The van der Waals surface area contributed by atoms with Gasteiger partial charge in [-0.3, -0.25) is 9.48 Å². The number of carbonyl (C=O) groups is 1. The molecule has 0 saturated carbocycles. The maximum Gasteiger partial charge on any atom is 0.287 e. The Bertz CT molecular complexity index is 681. The molecule has 1 aliphatic rings. The zero-order valence-corrected chi connectivity index (χ0v) is 14.0. The molecule has 1 fully saturated rings. The van der Waals surface area contributed by atoms with E-state index in [-0.39, 0.29) is 11.9 Å². The summed E-state index contributed by atoms with van der Waals surface area (Å²) in [6.45, 7) is 6.56. The summed E-state index contributed by atoms with van der Waals surface area (Å²) < 4.78 is 7.57. The maximum atomic E-state index is 12.3. The number of carbonyl (C=O) groups excluding carboxylic acids is 1. The largest absolute Gasteiger partial charge is 0.454 e. The number of piperidine rings is 1. The summed E-state index contributed by atoms with van der Waals surface area (Å²) >= 11 is 0. The third kappa shape index (κ3) is 3.82. The summed E-state index contributed by atoms with van der Waals surface area (Å²) in [6.07, 6.45) is 1.98. The second-order valence-corrected chi connectivity index (χ2v) is 6.40. The van der Waals surface area contributed by atoms with Gasteiger partial charge >= 0.3 is 0 Å². The first kappa shape index (κ1) is 15.8. The van der Waals surface area contributed by atoms with Gasteiger partial charge in [0.1, 0.15) is 5.76 Å². The van der Waals surface area contributed by atoms with Crippen molar-refractivity contribution >= 4 is 5.91 Å². The second kappa shape index (κ2) is 6.58. The maximum absolute atomic E-state index is 12.3. The van der Waals surface area contributed by atoms with Crippen LogP contribution in [0.4, 0.5) is 0 Å². The van der Waals surface area contributed by atoms with E-state index in [4.69, 9.17) is 4.42 Å². The average molecular weight is 316 g/mol. The summed E-state index contributed by atoms with van der Waals surface area (Å²) in [5.41, 5.74) is 2.06. The van der Waals surface area contributed by atoms with Crippen molar-refractivity contribution in [3.8, 4) is 0 Å². The predicted molar refractivity (Wildman–Crippen MR) is 87.5 cm³/mol. The highest BCUT2D eigenvalue weighted by Crippen LogP contribution is 2.13. The Morgan fingerprint density at radius 3 is 2.74 bits per heavy atom. The van der Waals surface area contributed by atoms with Gasteiger partial charge in [-0.05, 0) is 65.0 Å². The van der Waals surface area contributed by atoms with Crippen LogP contribution in [-0.2, 0) is 6.54 Å². The number of likely N-dealkylation sites (tertiary alicyclic amines) is 1. The SMILES string of the molecule is Cc1cc(C)n(Cc2ccc(C(=O)NC3CCN(C)CC3)o2)n1. The van der Waals surface area contributed by atoms with E-state index in [0.717, 1.165) is 43.1 Å². The van der Waals surface area contributed by atoms with Gasteiger partial charge < -0.3 is 14.6 Å². The van der Waals surface area contributed by atoms with Crippen LogP contribution in [0.15, 0.2) is 22.6 Å². The van der Waals surface area contributed by atoms with Gasteiger partial charge in [0.25, 0.3) is 5.91 Å². The van der Waals surface area contributed by atoms with Crippen molar-refractivity contribution < 1.29 is 9.21 Å². The molecule has 3 rings (SSSR count). The van der Waals surface area contributed by atoms with Crippen LogP contribution in [0, 0.1) is 13.8 Å². The van der Waals surface area contributed by atoms with Gasteiger partial charge in [0.15, 0.2) is 5.76 Å². The van der Waals surface area contributed by atoms with Crippen LogP contribution in [0.2, 0.25) is 0 Å². The number of nitrogens with zero attached hydrogens (tertiary/aromatic N) is 3. The molecule has 3 heterocycles. The Balaban J connectivity index is 1.60. The molecule has 124 valence electrons. The Labute approximate surface area is 136 Å². The van der Waals surface area contributed by atoms with E-state index in [2.05, 4.69) is 22.4 Å². The molecule has 0 unspecified atom stereocenters. The third-order valence-electron chi connectivity index (χ3n) is 4.35. The van der Waals surface area contributed by atoms with Crippen LogP contribution in [0.25, 0.3) is 0 Å². The smallest absolute Gasteiger partial charge is 0.287 e. The van der Waals surface area contributed by atoms with Gasteiger partial charge in [-0.25, -0.2) is 0 Å². The van der Waals surface area contributed by atoms with Crippen molar-refractivity contribution in [1.29, 1.82) is 0 Å². The average Bonchev–Trinajstić information content (AvgIpc) is 3.09. The monoisotopic (exact) mass is 316 g/mol. The molecule has 1 amide bonds. The molecule has 6 heteroatoms. The molecule has 1 saturated heterocycles. The van der Waals surface area contributed by atoms with Crippen LogP contribution in [-0.4, -0.2) is 46.8 Å². The van der Waals surface area contributed by atoms with E-state index >= 15 is 0 Å². The molecule has 2 aromatic heterocycles. The van der Waals surface area contributed by atoms with Crippen molar-refractivity contribution in [2.45, 2.75) is 39.3 Å². The van der Waals surface area contributed by atoms with Gasteiger partial charge in [-0.1, -0.05) is 0 Å². The number of hydrogen-bond acceptors (Lipinski definition) is 4. The highest BCUT2D eigenvalue weighted by atomic mass is 16.4. The molecular formula is C17H24N4O2. The minimum Gasteiger partial charge on any atom is -0.454 e. The summed E-state index contributed by atoms with van der Waals surface area (Å²) in [5, 5.41) is 7.48. The first-order valence-electron chi connectivity index (χ1n) is 8.10. The van der Waals surface area contributed by atoms with Crippen molar-refractivity contribution in [3.05, 3.63) is 41.1 Å². The van der Waals surface area contributed by atoms with Crippen molar-refractivity contribution in [3.63, 3.8) is 0 Å². The molecule has 0 bridgehead atoms. The second-order valence-electron chi connectivity index (χ2n) is 6.40. The highest BCUT2D eigenvalue weighted by molar-refractivity contribution is 5.91. The van der Waals surface area contributed by atoms with E-state index < -0.39 is 0 Å². The normalized spacial score (nSPS) is 16.7. The Morgan fingerprint density at radius 2 is 2.09 bits per heavy atom. The first-order valence-corrected chi connectivity index (χ1v) is 8.10. The minimum absolute atomic E-state index is 0.126. The van der Waals surface area contributed by atoms with E-state index in [1.54, 1.807) is 6.07 Å². The minimum atomic E-state index is -0.126. The number of nitrogens with one attached hydrogen (secondary N) is 1. The molecule has 1 aliphatic heterocycles. The standard InChI is InChI=1S/C17H24N4O2/c1-12-10-13(2)21(19-12)11-15-4-5-16(23-15)17(22)18-14-6-8-20(3)9-7-14/h4-5,10,14H,6-9,11H2,1-3H3,(H,18,22). The quantitative estimate of drug-likeness (QED) is 0.936. The van der Waals surface area contributed by atoms with Crippen LogP contribution >= 0.6 is 0 Å². The number of aryl methyl sites for hydroxylation is 2. The molecule has 23 heavy (non-hydrogen) atoms. The molecular weight excluding hydrogens is 292 g/mol. The lowest BCUT2D eigenvalue weighted by molar-refractivity contribution is 0.0886. The van der Waals surface area contributed by atoms with Crippen LogP contribution in [0.3, 0.4) is 0 Å². The lowest BCUT2D eigenvalue weighted by Crippen LogP contribution is -2.43. The number of amides is 1. The number of rotatable bonds is 4. The fourth-order valence-corrected chi connectivity index (χ4v) is 2.98. The highest BCUT2D eigenvalue weighted by Gasteiger charge is 2.20. The van der Waals surface area contributed by atoms with Crippen LogP contribution < -0.4 is 5.32 Å². The first-order chi connectivity index (χ1) is 11.0. The zero-order valence-electron chi connectivity index (χ0n) is 14.0. The number of hydrogen-bond donors (Lipinski definition) is 1. The van der Waals surface area contributed by atoms with Crippen molar-refractivity contribution in [2.75, 3.05) is 20.1 Å². The fraction of sp³-hybridized carbons (Fsp3) is 0.529. The fourth-order valence-electron chi connectivity index (χ4n) is 2.98. The summed E-state index contributed by atoms with van der Waals surface area (Å²) in [4.78, 5) is 14.6. The van der Waals surface area contributed by atoms with Gasteiger partial charge in [0.2, 0.25) is 0 Å². The van der Waals surface area contributed by atoms with E-state index in [9.17, 15) is 4.79 Å².